The molecule has 0 aromatic rings. The molecule has 0 bridgehead atoms. The van der Waals surface area contributed by atoms with Gasteiger partial charge in [-0.1, -0.05) is 0 Å². The van der Waals surface area contributed by atoms with Crippen molar-refractivity contribution < 1.29 is 10.2 Å². The predicted octanol–water partition coefficient (Wildman–Crippen LogP) is -0.533. The zero-order valence-corrected chi connectivity index (χ0v) is 6.18. The van der Waals surface area contributed by atoms with Crippen LogP contribution in [0.15, 0.2) is 0 Å². The van der Waals surface area contributed by atoms with Crippen molar-refractivity contribution in [2.24, 2.45) is 5.73 Å². The van der Waals surface area contributed by atoms with E-state index in [-0.39, 0.29) is 6.61 Å². The van der Waals surface area contributed by atoms with E-state index in [4.69, 9.17) is 10.8 Å². The van der Waals surface area contributed by atoms with Gasteiger partial charge in [0, 0.05) is 0 Å². The predicted molar refractivity (Wildman–Crippen MR) is 36.0 cm³/mol. The molecule has 1 atom stereocenters. The van der Waals surface area contributed by atoms with Gasteiger partial charge in [0.1, 0.15) is 0 Å². The van der Waals surface area contributed by atoms with Gasteiger partial charge < -0.3 is 15.9 Å². The van der Waals surface area contributed by atoms with Crippen LogP contribution in [-0.4, -0.2) is 28.0 Å². The molecule has 0 heterocycles. The van der Waals surface area contributed by atoms with Crippen LogP contribution in [0, 0.1) is 0 Å². The quantitative estimate of drug-likeness (QED) is 0.474. The van der Waals surface area contributed by atoms with Gasteiger partial charge >= 0.3 is 0 Å². The number of rotatable bonds is 2. The van der Waals surface area contributed by atoms with Gasteiger partial charge in [-0.15, -0.1) is 0 Å². The second-order valence-electron chi connectivity index (χ2n) is 3.13. The highest BCUT2D eigenvalue weighted by Crippen LogP contribution is 2.16. The first-order valence-corrected chi connectivity index (χ1v) is 2.93. The SMILES string of the molecule is CC(C)(O)[C@](C)(N)CO. The molecule has 9 heavy (non-hydrogen) atoms. The van der Waals surface area contributed by atoms with Crippen LogP contribution in [0.1, 0.15) is 20.8 Å². The molecule has 0 spiro atoms. The molecule has 3 nitrogen and oxygen atoms in total. The van der Waals surface area contributed by atoms with Crippen molar-refractivity contribution in [3.05, 3.63) is 0 Å². The van der Waals surface area contributed by atoms with Gasteiger partial charge in [0.15, 0.2) is 0 Å². The highest BCUT2D eigenvalue weighted by atomic mass is 16.3. The fourth-order valence-electron chi connectivity index (χ4n) is 0.193. The molecule has 0 fully saturated rings. The van der Waals surface area contributed by atoms with E-state index in [0.29, 0.717) is 0 Å². The fraction of sp³-hybridized carbons (Fsp3) is 1.00. The van der Waals surface area contributed by atoms with E-state index in [2.05, 4.69) is 0 Å². The normalized spacial score (nSPS) is 19.3. The summed E-state index contributed by atoms with van der Waals surface area (Å²) >= 11 is 0. The summed E-state index contributed by atoms with van der Waals surface area (Å²) in [4.78, 5) is 0. The van der Waals surface area contributed by atoms with Crippen molar-refractivity contribution >= 4 is 0 Å². The molecular weight excluding hydrogens is 118 g/mol. The Bertz CT molecular complexity index is 93.7. The smallest absolute Gasteiger partial charge is 0.0790 e. The molecule has 0 aromatic heterocycles. The maximum atomic E-state index is 9.26. The maximum Gasteiger partial charge on any atom is 0.0790 e. The molecule has 3 heteroatoms. The molecule has 0 aliphatic carbocycles. The van der Waals surface area contributed by atoms with Gasteiger partial charge in [-0.3, -0.25) is 0 Å². The van der Waals surface area contributed by atoms with Crippen LogP contribution < -0.4 is 5.73 Å². The summed E-state index contributed by atoms with van der Waals surface area (Å²) in [6.07, 6.45) is 0. The minimum absolute atomic E-state index is 0.212. The summed E-state index contributed by atoms with van der Waals surface area (Å²) in [6, 6.07) is 0. The van der Waals surface area contributed by atoms with E-state index < -0.39 is 11.1 Å². The Morgan fingerprint density at radius 1 is 1.33 bits per heavy atom. The fourth-order valence-corrected chi connectivity index (χ4v) is 0.193. The minimum Gasteiger partial charge on any atom is -0.394 e. The molecule has 0 amide bonds. The van der Waals surface area contributed by atoms with Crippen molar-refractivity contribution in [1.82, 2.24) is 0 Å². The number of nitrogens with two attached hydrogens (primary N) is 1. The van der Waals surface area contributed by atoms with Gasteiger partial charge in [0.25, 0.3) is 0 Å². The molecule has 0 aromatic carbocycles. The Morgan fingerprint density at radius 2 is 1.67 bits per heavy atom. The molecule has 4 N–H and O–H groups in total. The number of aliphatic hydroxyl groups excluding tert-OH is 1. The Kier molecular flexibility index (Phi) is 2.22. The van der Waals surface area contributed by atoms with Crippen molar-refractivity contribution in [2.45, 2.75) is 31.9 Å². The first-order chi connectivity index (χ1) is 3.81. The van der Waals surface area contributed by atoms with E-state index in [1.54, 1.807) is 20.8 Å². The third kappa shape index (κ3) is 1.93. The number of hydrogen-bond donors (Lipinski definition) is 3. The Morgan fingerprint density at radius 3 is 1.67 bits per heavy atom. The summed E-state index contributed by atoms with van der Waals surface area (Å²) in [6.45, 7) is 4.54. The Hall–Kier alpha value is -0.120. The van der Waals surface area contributed by atoms with Crippen molar-refractivity contribution in [1.29, 1.82) is 0 Å². The topological polar surface area (TPSA) is 66.5 Å². The Labute approximate surface area is 55.5 Å². The summed E-state index contributed by atoms with van der Waals surface area (Å²) in [5.74, 6) is 0. The largest absolute Gasteiger partial charge is 0.394 e. The molecule has 0 saturated heterocycles. The summed E-state index contributed by atoms with van der Waals surface area (Å²) in [5.41, 5.74) is 3.56. The van der Waals surface area contributed by atoms with Crippen LogP contribution in [0.25, 0.3) is 0 Å². The third-order valence-corrected chi connectivity index (χ3v) is 1.73. The zero-order valence-electron chi connectivity index (χ0n) is 6.18. The second-order valence-corrected chi connectivity index (χ2v) is 3.13. The molecule has 56 valence electrons. The minimum atomic E-state index is -1.03. The summed E-state index contributed by atoms with van der Waals surface area (Å²) in [7, 11) is 0. The van der Waals surface area contributed by atoms with Crippen LogP contribution in [0.5, 0.6) is 0 Å². The lowest BCUT2D eigenvalue weighted by Gasteiger charge is -2.34. The van der Waals surface area contributed by atoms with E-state index in [0.717, 1.165) is 0 Å². The summed E-state index contributed by atoms with van der Waals surface area (Å²) in [5, 5.41) is 17.9. The average Bonchev–Trinajstić information content (AvgIpc) is 1.64. The summed E-state index contributed by atoms with van der Waals surface area (Å²) < 4.78 is 0. The molecule has 0 saturated carbocycles. The van der Waals surface area contributed by atoms with E-state index >= 15 is 0 Å². The van der Waals surface area contributed by atoms with Crippen LogP contribution >= 0.6 is 0 Å². The van der Waals surface area contributed by atoms with Crippen LogP contribution in [0.3, 0.4) is 0 Å². The highest BCUT2D eigenvalue weighted by Gasteiger charge is 2.34. The van der Waals surface area contributed by atoms with Crippen LogP contribution in [0.2, 0.25) is 0 Å². The lowest BCUT2D eigenvalue weighted by atomic mass is 9.86. The zero-order chi connectivity index (χ0) is 7.71. The van der Waals surface area contributed by atoms with E-state index in [1.807, 2.05) is 0 Å². The van der Waals surface area contributed by atoms with Crippen molar-refractivity contribution in [2.75, 3.05) is 6.61 Å². The van der Waals surface area contributed by atoms with Gasteiger partial charge in [-0.2, -0.15) is 0 Å². The molecule has 0 aliphatic heterocycles. The first-order valence-electron chi connectivity index (χ1n) is 2.93. The van der Waals surface area contributed by atoms with E-state index in [1.165, 1.54) is 0 Å². The molecule has 0 radical (unpaired) electrons. The second kappa shape index (κ2) is 2.25. The molecule has 0 unspecified atom stereocenters. The van der Waals surface area contributed by atoms with Crippen molar-refractivity contribution in [3.8, 4) is 0 Å². The molecule has 0 aliphatic rings. The Balaban J connectivity index is 4.14. The van der Waals surface area contributed by atoms with Crippen LogP contribution in [-0.2, 0) is 0 Å². The first kappa shape index (κ1) is 8.88. The standard InChI is InChI=1S/C6H15NO2/c1-5(2,9)6(3,7)4-8/h8-9H,4,7H2,1-3H3/t6-/m1/s1. The van der Waals surface area contributed by atoms with Crippen molar-refractivity contribution in [3.63, 3.8) is 0 Å². The molecular formula is C6H15NO2. The van der Waals surface area contributed by atoms with Crippen LogP contribution in [0.4, 0.5) is 0 Å². The van der Waals surface area contributed by atoms with Gasteiger partial charge in [0.05, 0.1) is 17.7 Å². The van der Waals surface area contributed by atoms with Gasteiger partial charge in [-0.05, 0) is 20.8 Å². The lowest BCUT2D eigenvalue weighted by Crippen LogP contribution is -2.57. The third-order valence-electron chi connectivity index (χ3n) is 1.73. The highest BCUT2D eigenvalue weighted by molar-refractivity contribution is 4.93. The maximum absolute atomic E-state index is 9.26. The number of hydrogen-bond acceptors (Lipinski definition) is 3. The molecule has 0 rings (SSSR count). The van der Waals surface area contributed by atoms with Gasteiger partial charge in [-0.25, -0.2) is 0 Å². The number of aliphatic hydroxyl groups is 2. The average molecular weight is 133 g/mol. The lowest BCUT2D eigenvalue weighted by molar-refractivity contribution is -0.0197. The monoisotopic (exact) mass is 133 g/mol. The van der Waals surface area contributed by atoms with Gasteiger partial charge in [0.2, 0.25) is 0 Å². The van der Waals surface area contributed by atoms with E-state index in [9.17, 15) is 5.11 Å².